The minimum atomic E-state index is -0.348. The Kier molecular flexibility index (Phi) is 5.88. The minimum Gasteiger partial charge on any atom is -0.375 e. The van der Waals surface area contributed by atoms with Crippen molar-refractivity contribution < 1.29 is 4.79 Å². The molecule has 0 saturated heterocycles. The highest BCUT2D eigenvalue weighted by Gasteiger charge is 2.04. The van der Waals surface area contributed by atoms with Crippen LogP contribution in [0.3, 0.4) is 0 Å². The first kappa shape index (κ1) is 15.6. The third-order valence-corrected chi connectivity index (χ3v) is 2.57. The van der Waals surface area contributed by atoms with E-state index in [-0.39, 0.29) is 11.0 Å². The number of carbonyl (C=O) groups is 1. The van der Waals surface area contributed by atoms with Gasteiger partial charge < -0.3 is 16.5 Å². The third kappa shape index (κ3) is 5.78. The number of halogens is 2. The summed E-state index contributed by atoms with van der Waals surface area (Å²) in [5.41, 5.74) is 11.4. The third-order valence-electron chi connectivity index (χ3n) is 1.92. The van der Waals surface area contributed by atoms with Crippen molar-refractivity contribution in [2.24, 2.45) is 5.73 Å². The summed E-state index contributed by atoms with van der Waals surface area (Å²) in [6.07, 6.45) is 1.33. The Morgan fingerprint density at radius 3 is 2.63 bits per heavy atom. The molecule has 1 rings (SSSR count). The summed E-state index contributed by atoms with van der Waals surface area (Å²) in [7, 11) is 0. The Hall–Kier alpha value is -1.50. The van der Waals surface area contributed by atoms with Crippen molar-refractivity contribution in [3.63, 3.8) is 0 Å². The fourth-order valence-corrected chi connectivity index (χ4v) is 1.66. The summed E-state index contributed by atoms with van der Waals surface area (Å²) in [4.78, 5) is 11.7. The van der Waals surface area contributed by atoms with Crippen LogP contribution in [-0.4, -0.2) is 11.0 Å². The predicted octanol–water partition coefficient (Wildman–Crippen LogP) is 2.17. The molecule has 0 atom stereocenters. The van der Waals surface area contributed by atoms with Crippen LogP contribution in [0, 0.1) is 0 Å². The molecule has 1 aromatic rings. The number of anilines is 1. The molecule has 5 nitrogen and oxygen atoms in total. The molecular formula is C11H12Cl2N4OS. The van der Waals surface area contributed by atoms with Crippen molar-refractivity contribution >= 4 is 52.1 Å². The lowest BCUT2D eigenvalue weighted by molar-refractivity contribution is -0.112. The Morgan fingerprint density at radius 2 is 2.05 bits per heavy atom. The molecule has 0 aliphatic carbocycles. The van der Waals surface area contributed by atoms with Gasteiger partial charge in [-0.3, -0.25) is 10.2 Å². The summed E-state index contributed by atoms with van der Waals surface area (Å²) in [5, 5.41) is 3.56. The second-order valence-electron chi connectivity index (χ2n) is 3.56. The summed E-state index contributed by atoms with van der Waals surface area (Å²) in [6, 6.07) is 4.79. The van der Waals surface area contributed by atoms with E-state index in [4.69, 9.17) is 28.9 Å². The SMILES string of the molecule is C/C(=C/C(=O)Nc1ccc(Cl)cc1Cl)NNC(N)=S. The van der Waals surface area contributed by atoms with Crippen LogP contribution in [-0.2, 0) is 4.79 Å². The zero-order valence-corrected chi connectivity index (χ0v) is 12.3. The first-order valence-electron chi connectivity index (χ1n) is 5.14. The molecule has 0 aliphatic rings. The Labute approximate surface area is 126 Å². The van der Waals surface area contributed by atoms with E-state index in [0.717, 1.165) is 0 Å². The maximum absolute atomic E-state index is 11.7. The average molecular weight is 319 g/mol. The Bertz CT molecular complexity index is 533. The van der Waals surface area contributed by atoms with E-state index >= 15 is 0 Å². The van der Waals surface area contributed by atoms with Crippen LogP contribution in [0.4, 0.5) is 5.69 Å². The first-order chi connectivity index (χ1) is 8.88. The standard InChI is InChI=1S/C11H12Cl2N4OS/c1-6(16-17-11(14)19)4-10(18)15-9-3-2-7(12)5-8(9)13/h2-5,16H,1H3,(H,15,18)(H3,14,17,19)/b6-4-. The smallest absolute Gasteiger partial charge is 0.250 e. The molecule has 0 fully saturated rings. The molecule has 0 radical (unpaired) electrons. The summed E-state index contributed by atoms with van der Waals surface area (Å²) < 4.78 is 0. The molecule has 0 saturated carbocycles. The van der Waals surface area contributed by atoms with E-state index in [2.05, 4.69) is 28.4 Å². The van der Waals surface area contributed by atoms with Gasteiger partial charge in [0.25, 0.3) is 0 Å². The maximum atomic E-state index is 11.7. The molecule has 5 N–H and O–H groups in total. The number of hydrogen-bond acceptors (Lipinski definition) is 3. The topological polar surface area (TPSA) is 79.2 Å². The molecule has 0 heterocycles. The number of benzene rings is 1. The van der Waals surface area contributed by atoms with Gasteiger partial charge in [0.15, 0.2) is 5.11 Å². The number of nitrogens with one attached hydrogen (secondary N) is 3. The van der Waals surface area contributed by atoms with Crippen molar-refractivity contribution in [3.05, 3.63) is 40.0 Å². The lowest BCUT2D eigenvalue weighted by atomic mass is 10.3. The number of nitrogens with two attached hydrogens (primary N) is 1. The number of amides is 1. The van der Waals surface area contributed by atoms with Crippen molar-refractivity contribution in [2.75, 3.05) is 5.32 Å². The Balaban J connectivity index is 2.64. The van der Waals surface area contributed by atoms with Crippen LogP contribution in [0.25, 0.3) is 0 Å². The second kappa shape index (κ2) is 7.18. The zero-order chi connectivity index (χ0) is 14.4. The monoisotopic (exact) mass is 318 g/mol. The molecule has 0 unspecified atom stereocenters. The molecule has 1 aromatic carbocycles. The lowest BCUT2D eigenvalue weighted by Gasteiger charge is -2.08. The van der Waals surface area contributed by atoms with Crippen LogP contribution in [0.1, 0.15) is 6.92 Å². The second-order valence-corrected chi connectivity index (χ2v) is 4.84. The van der Waals surface area contributed by atoms with Crippen LogP contribution < -0.4 is 21.9 Å². The molecule has 0 aliphatic heterocycles. The van der Waals surface area contributed by atoms with Crippen molar-refractivity contribution in [3.8, 4) is 0 Å². The number of thiocarbonyl (C=S) groups is 1. The highest BCUT2D eigenvalue weighted by Crippen LogP contribution is 2.25. The molecular weight excluding hydrogens is 307 g/mol. The zero-order valence-electron chi connectivity index (χ0n) is 9.96. The molecule has 19 heavy (non-hydrogen) atoms. The van der Waals surface area contributed by atoms with Crippen molar-refractivity contribution in [1.82, 2.24) is 10.9 Å². The van der Waals surface area contributed by atoms with Crippen LogP contribution in [0.2, 0.25) is 10.0 Å². The number of allylic oxidation sites excluding steroid dienone is 1. The molecule has 0 spiro atoms. The van der Waals surface area contributed by atoms with Gasteiger partial charge in [-0.2, -0.15) is 0 Å². The van der Waals surface area contributed by atoms with E-state index < -0.39 is 0 Å². The van der Waals surface area contributed by atoms with Gasteiger partial charge in [0.05, 0.1) is 10.7 Å². The maximum Gasteiger partial charge on any atom is 0.250 e. The molecule has 8 heteroatoms. The van der Waals surface area contributed by atoms with Crippen LogP contribution in [0.5, 0.6) is 0 Å². The van der Waals surface area contributed by atoms with E-state index in [1.54, 1.807) is 25.1 Å². The van der Waals surface area contributed by atoms with Gasteiger partial charge in [-0.05, 0) is 37.3 Å². The van der Waals surface area contributed by atoms with E-state index in [1.807, 2.05) is 0 Å². The lowest BCUT2D eigenvalue weighted by Crippen LogP contribution is -2.39. The normalized spacial score (nSPS) is 10.8. The van der Waals surface area contributed by atoms with Gasteiger partial charge >= 0.3 is 0 Å². The first-order valence-corrected chi connectivity index (χ1v) is 6.30. The van der Waals surface area contributed by atoms with Gasteiger partial charge in [0.1, 0.15) is 0 Å². The van der Waals surface area contributed by atoms with Gasteiger partial charge in [0.2, 0.25) is 5.91 Å². The highest BCUT2D eigenvalue weighted by atomic mass is 35.5. The van der Waals surface area contributed by atoms with Gasteiger partial charge in [-0.25, -0.2) is 0 Å². The molecule has 102 valence electrons. The fraction of sp³-hybridized carbons (Fsp3) is 0.0909. The van der Waals surface area contributed by atoms with Crippen molar-refractivity contribution in [1.29, 1.82) is 0 Å². The molecule has 1 amide bonds. The minimum absolute atomic E-state index is 0.0777. The van der Waals surface area contributed by atoms with E-state index in [1.165, 1.54) is 6.08 Å². The van der Waals surface area contributed by atoms with Gasteiger partial charge in [0, 0.05) is 16.8 Å². The number of hydrazine groups is 1. The van der Waals surface area contributed by atoms with Crippen LogP contribution >= 0.6 is 35.4 Å². The molecule has 0 aromatic heterocycles. The van der Waals surface area contributed by atoms with Crippen molar-refractivity contribution in [2.45, 2.75) is 6.92 Å². The summed E-state index contributed by atoms with van der Waals surface area (Å²) in [5.74, 6) is -0.348. The fourth-order valence-electron chi connectivity index (χ4n) is 1.15. The Morgan fingerprint density at radius 1 is 1.37 bits per heavy atom. The number of hydrogen-bond donors (Lipinski definition) is 4. The predicted molar refractivity (Wildman–Crippen MR) is 81.9 cm³/mol. The summed E-state index contributed by atoms with van der Waals surface area (Å²) >= 11 is 16.3. The number of rotatable bonds is 4. The number of carbonyl (C=O) groups excluding carboxylic acids is 1. The summed E-state index contributed by atoms with van der Waals surface area (Å²) in [6.45, 7) is 1.67. The van der Waals surface area contributed by atoms with Gasteiger partial charge in [-0.1, -0.05) is 23.2 Å². The highest BCUT2D eigenvalue weighted by molar-refractivity contribution is 7.80. The largest absolute Gasteiger partial charge is 0.375 e. The average Bonchev–Trinajstić information content (AvgIpc) is 2.30. The van der Waals surface area contributed by atoms with E-state index in [9.17, 15) is 4.79 Å². The molecule has 0 bridgehead atoms. The van der Waals surface area contributed by atoms with Gasteiger partial charge in [-0.15, -0.1) is 0 Å². The van der Waals surface area contributed by atoms with E-state index in [0.29, 0.717) is 21.4 Å². The van der Waals surface area contributed by atoms with Crippen LogP contribution in [0.15, 0.2) is 30.0 Å². The quantitative estimate of drug-likeness (QED) is 0.389.